The number of rotatable bonds is 6. The molecule has 0 aliphatic heterocycles. The molecule has 0 amide bonds. The van der Waals surface area contributed by atoms with Crippen LogP contribution in [0, 0.1) is 0 Å². The molecule has 1 fully saturated rings. The lowest BCUT2D eigenvalue weighted by molar-refractivity contribution is 0.103. The Morgan fingerprint density at radius 1 is 1.19 bits per heavy atom. The van der Waals surface area contributed by atoms with Gasteiger partial charge in [0, 0.05) is 18.1 Å². The number of hydrogen-bond donors (Lipinski definition) is 1. The van der Waals surface area contributed by atoms with Crippen LogP contribution in [0.2, 0.25) is 0 Å². The van der Waals surface area contributed by atoms with E-state index in [1.807, 2.05) is 0 Å². The molecule has 0 aromatic rings. The van der Waals surface area contributed by atoms with E-state index in [-0.39, 0.29) is 0 Å². The summed E-state index contributed by atoms with van der Waals surface area (Å²) >= 11 is 0. The maximum absolute atomic E-state index is 5.99. The molecule has 0 saturated heterocycles. The van der Waals surface area contributed by atoms with Crippen LogP contribution in [0.3, 0.4) is 0 Å². The lowest BCUT2D eigenvalue weighted by Crippen LogP contribution is -2.45. The molecule has 1 rings (SSSR count). The fourth-order valence-corrected chi connectivity index (χ4v) is 2.77. The third-order valence-corrected chi connectivity index (χ3v) is 4.14. The molecule has 1 unspecified atom stereocenters. The first-order valence-electron chi connectivity index (χ1n) is 7.20. The molecule has 1 saturated carbocycles. The van der Waals surface area contributed by atoms with Crippen molar-refractivity contribution in [2.24, 2.45) is 5.73 Å². The van der Waals surface area contributed by atoms with E-state index in [0.29, 0.717) is 6.04 Å². The van der Waals surface area contributed by atoms with Crippen molar-refractivity contribution in [2.45, 2.75) is 83.8 Å². The van der Waals surface area contributed by atoms with Crippen LogP contribution in [0.5, 0.6) is 0 Å². The lowest BCUT2D eigenvalue weighted by Gasteiger charge is -2.39. The van der Waals surface area contributed by atoms with Gasteiger partial charge in [-0.05, 0) is 52.0 Å². The highest BCUT2D eigenvalue weighted by molar-refractivity contribution is 4.83. The van der Waals surface area contributed by atoms with Gasteiger partial charge in [0.1, 0.15) is 0 Å². The van der Waals surface area contributed by atoms with Crippen LogP contribution in [0.1, 0.15) is 65.7 Å². The molecule has 0 aromatic carbocycles. The standard InChI is InChI=1S/C14H30N2/c1-4-6-11-16(12(3)5-2)14-9-7-13(15)8-10-14/h12-14H,4-11,15H2,1-3H3. The van der Waals surface area contributed by atoms with Gasteiger partial charge in [-0.25, -0.2) is 0 Å². The summed E-state index contributed by atoms with van der Waals surface area (Å²) < 4.78 is 0. The maximum atomic E-state index is 5.99. The van der Waals surface area contributed by atoms with Crippen molar-refractivity contribution in [2.75, 3.05) is 6.54 Å². The van der Waals surface area contributed by atoms with Gasteiger partial charge >= 0.3 is 0 Å². The van der Waals surface area contributed by atoms with Gasteiger partial charge in [-0.2, -0.15) is 0 Å². The molecule has 0 heterocycles. The Morgan fingerprint density at radius 3 is 2.31 bits per heavy atom. The second-order valence-electron chi connectivity index (χ2n) is 5.42. The zero-order chi connectivity index (χ0) is 12.0. The average Bonchev–Trinajstić information content (AvgIpc) is 2.31. The third kappa shape index (κ3) is 4.06. The fraction of sp³-hybridized carbons (Fsp3) is 1.00. The number of unbranched alkanes of at least 4 members (excludes halogenated alkanes) is 1. The van der Waals surface area contributed by atoms with Crippen LogP contribution in [-0.2, 0) is 0 Å². The molecule has 16 heavy (non-hydrogen) atoms. The van der Waals surface area contributed by atoms with Crippen LogP contribution in [0.15, 0.2) is 0 Å². The van der Waals surface area contributed by atoms with E-state index in [4.69, 9.17) is 5.73 Å². The van der Waals surface area contributed by atoms with Gasteiger partial charge in [0.15, 0.2) is 0 Å². The normalized spacial score (nSPS) is 28.3. The van der Waals surface area contributed by atoms with E-state index in [1.54, 1.807) is 0 Å². The molecule has 1 aliphatic carbocycles. The van der Waals surface area contributed by atoms with Gasteiger partial charge in [-0.3, -0.25) is 4.90 Å². The van der Waals surface area contributed by atoms with Crippen LogP contribution >= 0.6 is 0 Å². The molecule has 1 atom stereocenters. The Balaban J connectivity index is 2.47. The minimum Gasteiger partial charge on any atom is -0.328 e. The van der Waals surface area contributed by atoms with Crippen LogP contribution in [0.25, 0.3) is 0 Å². The molecule has 96 valence electrons. The first kappa shape index (κ1) is 14.0. The third-order valence-electron chi connectivity index (χ3n) is 4.14. The van der Waals surface area contributed by atoms with E-state index in [2.05, 4.69) is 25.7 Å². The first-order valence-corrected chi connectivity index (χ1v) is 7.20. The molecule has 2 heteroatoms. The SMILES string of the molecule is CCCCN(C(C)CC)C1CCC(N)CC1. The number of hydrogen-bond acceptors (Lipinski definition) is 2. The van der Waals surface area contributed by atoms with Gasteiger partial charge < -0.3 is 5.73 Å². The first-order chi connectivity index (χ1) is 7.69. The second-order valence-corrected chi connectivity index (χ2v) is 5.42. The highest BCUT2D eigenvalue weighted by atomic mass is 15.2. The maximum Gasteiger partial charge on any atom is 0.00992 e. The summed E-state index contributed by atoms with van der Waals surface area (Å²) in [6.07, 6.45) is 9.00. The Hall–Kier alpha value is -0.0800. The summed E-state index contributed by atoms with van der Waals surface area (Å²) in [6, 6.07) is 2.02. The molecule has 0 bridgehead atoms. The van der Waals surface area contributed by atoms with Crippen LogP contribution in [0.4, 0.5) is 0 Å². The van der Waals surface area contributed by atoms with Gasteiger partial charge in [-0.15, -0.1) is 0 Å². The smallest absolute Gasteiger partial charge is 0.00992 e. The Bertz CT molecular complexity index is 174. The minimum absolute atomic E-state index is 0.473. The molecule has 0 spiro atoms. The minimum atomic E-state index is 0.473. The van der Waals surface area contributed by atoms with Crippen molar-refractivity contribution in [3.8, 4) is 0 Å². The quantitative estimate of drug-likeness (QED) is 0.754. The van der Waals surface area contributed by atoms with Crippen molar-refractivity contribution < 1.29 is 0 Å². The van der Waals surface area contributed by atoms with Gasteiger partial charge in [-0.1, -0.05) is 20.3 Å². The summed E-state index contributed by atoms with van der Waals surface area (Å²) in [5.74, 6) is 0. The molecule has 2 N–H and O–H groups in total. The monoisotopic (exact) mass is 226 g/mol. The van der Waals surface area contributed by atoms with E-state index in [1.165, 1.54) is 51.5 Å². The topological polar surface area (TPSA) is 29.3 Å². The second kappa shape index (κ2) is 7.29. The van der Waals surface area contributed by atoms with Gasteiger partial charge in [0.2, 0.25) is 0 Å². The predicted molar refractivity (Wildman–Crippen MR) is 71.6 cm³/mol. The summed E-state index contributed by atoms with van der Waals surface area (Å²) in [6.45, 7) is 8.25. The number of nitrogens with two attached hydrogens (primary N) is 1. The predicted octanol–water partition coefficient (Wildman–Crippen LogP) is 3.16. The van der Waals surface area contributed by atoms with Crippen molar-refractivity contribution in [1.82, 2.24) is 4.90 Å². The molecular formula is C14H30N2. The van der Waals surface area contributed by atoms with Crippen LogP contribution < -0.4 is 5.73 Å². The van der Waals surface area contributed by atoms with E-state index >= 15 is 0 Å². The average molecular weight is 226 g/mol. The molecule has 0 aromatic heterocycles. The molecule has 1 aliphatic rings. The van der Waals surface area contributed by atoms with Gasteiger partial charge in [0.25, 0.3) is 0 Å². The Morgan fingerprint density at radius 2 is 1.81 bits per heavy atom. The van der Waals surface area contributed by atoms with Crippen molar-refractivity contribution in [3.05, 3.63) is 0 Å². The molecular weight excluding hydrogens is 196 g/mol. The summed E-state index contributed by atoms with van der Waals surface area (Å²) in [4.78, 5) is 2.75. The van der Waals surface area contributed by atoms with E-state index in [0.717, 1.165) is 12.1 Å². The van der Waals surface area contributed by atoms with Crippen molar-refractivity contribution in [3.63, 3.8) is 0 Å². The van der Waals surface area contributed by atoms with Gasteiger partial charge in [0.05, 0.1) is 0 Å². The molecule has 0 radical (unpaired) electrons. The van der Waals surface area contributed by atoms with Crippen molar-refractivity contribution >= 4 is 0 Å². The van der Waals surface area contributed by atoms with Crippen LogP contribution in [-0.4, -0.2) is 29.6 Å². The highest BCUT2D eigenvalue weighted by Crippen LogP contribution is 2.24. The molecule has 2 nitrogen and oxygen atoms in total. The fourth-order valence-electron chi connectivity index (χ4n) is 2.77. The largest absolute Gasteiger partial charge is 0.328 e. The zero-order valence-electron chi connectivity index (χ0n) is 11.4. The Labute approximate surface area is 102 Å². The summed E-state index contributed by atoms with van der Waals surface area (Å²) in [5.41, 5.74) is 5.99. The lowest BCUT2D eigenvalue weighted by atomic mass is 9.89. The summed E-state index contributed by atoms with van der Waals surface area (Å²) in [7, 11) is 0. The Kier molecular flexibility index (Phi) is 6.37. The summed E-state index contributed by atoms with van der Waals surface area (Å²) in [5, 5.41) is 0. The van der Waals surface area contributed by atoms with E-state index in [9.17, 15) is 0 Å². The van der Waals surface area contributed by atoms with E-state index < -0.39 is 0 Å². The highest BCUT2D eigenvalue weighted by Gasteiger charge is 2.26. The zero-order valence-corrected chi connectivity index (χ0v) is 11.4. The van der Waals surface area contributed by atoms with Crippen molar-refractivity contribution in [1.29, 1.82) is 0 Å². The number of nitrogens with zero attached hydrogens (tertiary/aromatic N) is 1.